The van der Waals surface area contributed by atoms with Crippen LogP contribution in [-0.2, 0) is 37.8 Å². The molecule has 2 aromatic rings. The molecule has 0 aromatic heterocycles. The highest BCUT2D eigenvalue weighted by Gasteiger charge is 2.28. The van der Waals surface area contributed by atoms with E-state index in [4.69, 9.17) is 0 Å². The molecule has 4 rings (SSSR count). The van der Waals surface area contributed by atoms with Crippen LogP contribution in [0.4, 0.5) is 0 Å². The molecule has 184 valence electrons. The molecule has 0 radical (unpaired) electrons. The maximum Gasteiger partial charge on any atom is 0.243 e. The van der Waals surface area contributed by atoms with Gasteiger partial charge in [-0.3, -0.25) is 4.79 Å². The lowest BCUT2D eigenvalue weighted by Crippen LogP contribution is -2.28. The Kier molecular flexibility index (Phi) is 7.71. The average molecular weight is 506 g/mol. The van der Waals surface area contributed by atoms with Crippen molar-refractivity contribution in [1.29, 1.82) is 0 Å². The van der Waals surface area contributed by atoms with Crippen molar-refractivity contribution in [3.63, 3.8) is 0 Å². The summed E-state index contributed by atoms with van der Waals surface area (Å²) < 4.78 is 53.4. The number of sulfonamides is 2. The Labute approximate surface area is 202 Å². The Bertz CT molecular complexity index is 1100. The van der Waals surface area contributed by atoms with Crippen molar-refractivity contribution in [3.05, 3.63) is 59.7 Å². The molecule has 0 spiro atoms. The first-order chi connectivity index (χ1) is 16.3. The minimum atomic E-state index is -3.44. The van der Waals surface area contributed by atoms with Gasteiger partial charge in [0.05, 0.1) is 9.79 Å². The van der Waals surface area contributed by atoms with Crippen LogP contribution >= 0.6 is 0 Å². The number of rotatable bonds is 9. The molecule has 8 nitrogen and oxygen atoms in total. The molecule has 2 saturated heterocycles. The van der Waals surface area contributed by atoms with Crippen molar-refractivity contribution in [2.45, 2.75) is 54.9 Å². The topological polar surface area (TPSA) is 104 Å². The fourth-order valence-corrected chi connectivity index (χ4v) is 7.34. The summed E-state index contributed by atoms with van der Waals surface area (Å²) in [4.78, 5) is 12.8. The molecule has 2 aliphatic rings. The quantitative estimate of drug-likeness (QED) is 0.564. The number of nitrogens with zero attached hydrogens (tertiary/aromatic N) is 2. The Morgan fingerprint density at radius 1 is 0.676 bits per heavy atom. The van der Waals surface area contributed by atoms with Gasteiger partial charge in [0, 0.05) is 39.1 Å². The number of amides is 1. The number of carbonyl (C=O) groups is 1. The zero-order chi connectivity index (χ0) is 24.2. The number of hydrogen-bond donors (Lipinski definition) is 1. The molecule has 2 fully saturated rings. The summed E-state index contributed by atoms with van der Waals surface area (Å²) in [5.41, 5.74) is 1.72. The lowest BCUT2D eigenvalue weighted by molar-refractivity contribution is -0.121. The summed E-state index contributed by atoms with van der Waals surface area (Å²) >= 11 is 0. The van der Waals surface area contributed by atoms with Crippen LogP contribution in [0.1, 0.15) is 43.2 Å². The average Bonchev–Trinajstić information content (AvgIpc) is 3.57. The van der Waals surface area contributed by atoms with Gasteiger partial charge >= 0.3 is 0 Å². The van der Waals surface area contributed by atoms with Crippen LogP contribution in [0.3, 0.4) is 0 Å². The lowest BCUT2D eigenvalue weighted by atomic mass is 10.1. The molecule has 1 amide bonds. The molecule has 2 aromatic carbocycles. The second kappa shape index (κ2) is 10.6. The van der Waals surface area contributed by atoms with Gasteiger partial charge in [0.2, 0.25) is 26.0 Å². The van der Waals surface area contributed by atoms with Crippen molar-refractivity contribution >= 4 is 26.0 Å². The van der Waals surface area contributed by atoms with Crippen LogP contribution in [0.5, 0.6) is 0 Å². The Morgan fingerprint density at radius 2 is 1.09 bits per heavy atom. The molecule has 2 heterocycles. The van der Waals surface area contributed by atoms with Gasteiger partial charge in [-0.2, -0.15) is 8.61 Å². The van der Waals surface area contributed by atoms with Crippen LogP contribution in [0.2, 0.25) is 0 Å². The highest BCUT2D eigenvalue weighted by Crippen LogP contribution is 2.22. The predicted molar refractivity (Wildman–Crippen MR) is 129 cm³/mol. The number of hydrogen-bond acceptors (Lipinski definition) is 5. The number of benzene rings is 2. The third-order valence-electron chi connectivity index (χ3n) is 6.38. The van der Waals surface area contributed by atoms with E-state index in [2.05, 4.69) is 5.32 Å². The van der Waals surface area contributed by atoms with Gasteiger partial charge in [0.25, 0.3) is 0 Å². The normalized spacial score (nSPS) is 17.8. The van der Waals surface area contributed by atoms with E-state index >= 15 is 0 Å². The molecule has 34 heavy (non-hydrogen) atoms. The van der Waals surface area contributed by atoms with Crippen molar-refractivity contribution in [2.24, 2.45) is 0 Å². The maximum absolute atomic E-state index is 12.6. The largest absolute Gasteiger partial charge is 0.352 e. The van der Waals surface area contributed by atoms with E-state index < -0.39 is 20.0 Å². The lowest BCUT2D eigenvalue weighted by Gasteiger charge is -2.16. The van der Waals surface area contributed by atoms with Crippen LogP contribution < -0.4 is 5.32 Å². The Hall–Kier alpha value is -2.27. The molecular weight excluding hydrogens is 474 g/mol. The van der Waals surface area contributed by atoms with E-state index in [1.54, 1.807) is 48.5 Å². The van der Waals surface area contributed by atoms with Gasteiger partial charge in [-0.15, -0.1) is 0 Å². The first-order valence-corrected chi connectivity index (χ1v) is 14.6. The summed E-state index contributed by atoms with van der Waals surface area (Å²) in [5, 5.41) is 2.85. The van der Waals surface area contributed by atoms with Gasteiger partial charge in [-0.25, -0.2) is 16.8 Å². The summed E-state index contributed by atoms with van der Waals surface area (Å²) in [7, 11) is -6.87. The van der Waals surface area contributed by atoms with Crippen molar-refractivity contribution < 1.29 is 21.6 Å². The van der Waals surface area contributed by atoms with Gasteiger partial charge in [0.1, 0.15) is 0 Å². The molecule has 0 unspecified atom stereocenters. The third-order valence-corrected chi connectivity index (χ3v) is 10.2. The number of carbonyl (C=O) groups excluding carboxylic acids is 1. The van der Waals surface area contributed by atoms with E-state index in [9.17, 15) is 21.6 Å². The fourth-order valence-electron chi connectivity index (χ4n) is 4.31. The number of aryl methyl sites for hydroxylation is 1. The van der Waals surface area contributed by atoms with Crippen LogP contribution in [-0.4, -0.2) is 57.5 Å². The first kappa shape index (κ1) is 24.8. The van der Waals surface area contributed by atoms with Crippen molar-refractivity contribution in [1.82, 2.24) is 13.9 Å². The Morgan fingerprint density at radius 3 is 1.53 bits per heavy atom. The van der Waals surface area contributed by atoms with Gasteiger partial charge in [0.15, 0.2) is 0 Å². The van der Waals surface area contributed by atoms with Gasteiger partial charge in [-0.05, 0) is 67.5 Å². The summed E-state index contributed by atoms with van der Waals surface area (Å²) in [6.45, 7) is 2.59. The number of nitrogens with one attached hydrogen (secondary N) is 1. The monoisotopic (exact) mass is 505 g/mol. The van der Waals surface area contributed by atoms with E-state index in [0.29, 0.717) is 39.1 Å². The predicted octanol–water partition coefficient (Wildman–Crippen LogP) is 2.50. The SMILES string of the molecule is O=C(CCc1ccc(S(=O)(=O)N2CCCC2)cc1)NCc1ccc(S(=O)(=O)N2CCCC2)cc1. The molecular formula is C24H31N3O5S2. The maximum atomic E-state index is 12.6. The zero-order valence-corrected chi connectivity index (χ0v) is 20.8. The third kappa shape index (κ3) is 5.68. The van der Waals surface area contributed by atoms with Gasteiger partial charge < -0.3 is 5.32 Å². The van der Waals surface area contributed by atoms with E-state index in [1.165, 1.54) is 8.61 Å². The standard InChI is InChI=1S/C24H31N3O5S2/c28-24(14-9-20-5-10-22(11-6-20)33(29,30)26-15-1-2-16-26)25-19-21-7-12-23(13-8-21)34(31,32)27-17-3-4-18-27/h5-8,10-13H,1-4,9,14-19H2,(H,25,28). The molecule has 0 saturated carbocycles. The zero-order valence-electron chi connectivity index (χ0n) is 19.1. The molecule has 0 aliphatic carbocycles. The minimum Gasteiger partial charge on any atom is -0.352 e. The van der Waals surface area contributed by atoms with Crippen LogP contribution in [0.25, 0.3) is 0 Å². The molecule has 1 N–H and O–H groups in total. The fraction of sp³-hybridized carbons (Fsp3) is 0.458. The molecule has 0 atom stereocenters. The van der Waals surface area contributed by atoms with Crippen molar-refractivity contribution in [3.8, 4) is 0 Å². The van der Waals surface area contributed by atoms with E-state index in [1.807, 2.05) is 0 Å². The first-order valence-electron chi connectivity index (χ1n) is 11.7. The minimum absolute atomic E-state index is 0.123. The summed E-state index contributed by atoms with van der Waals surface area (Å²) in [5.74, 6) is -0.123. The van der Waals surface area contributed by atoms with Crippen LogP contribution in [0, 0.1) is 0 Å². The molecule has 0 bridgehead atoms. The van der Waals surface area contributed by atoms with E-state index in [0.717, 1.165) is 36.8 Å². The van der Waals surface area contributed by atoms with Gasteiger partial charge in [-0.1, -0.05) is 24.3 Å². The molecule has 10 heteroatoms. The second-order valence-corrected chi connectivity index (χ2v) is 12.7. The smallest absolute Gasteiger partial charge is 0.243 e. The highest BCUT2D eigenvalue weighted by molar-refractivity contribution is 7.89. The van der Waals surface area contributed by atoms with Crippen molar-refractivity contribution in [2.75, 3.05) is 26.2 Å². The highest BCUT2D eigenvalue weighted by atomic mass is 32.2. The summed E-state index contributed by atoms with van der Waals surface area (Å²) in [6, 6.07) is 13.4. The Balaban J connectivity index is 1.25. The summed E-state index contributed by atoms with van der Waals surface area (Å²) in [6.07, 6.45) is 4.36. The van der Waals surface area contributed by atoms with E-state index in [-0.39, 0.29) is 22.1 Å². The van der Waals surface area contributed by atoms with Crippen LogP contribution in [0.15, 0.2) is 58.3 Å². The second-order valence-electron chi connectivity index (χ2n) is 8.79. The molecule has 2 aliphatic heterocycles.